The summed E-state index contributed by atoms with van der Waals surface area (Å²) in [6.45, 7) is 0.677. The third-order valence-electron chi connectivity index (χ3n) is 4.84. The van der Waals surface area contributed by atoms with Gasteiger partial charge in [0.25, 0.3) is 5.91 Å². The largest absolute Gasteiger partial charge is 0.388 e. The maximum absolute atomic E-state index is 13.6. The standard InChI is InChI=1S/C17H19FN4O.C2H6O/c18-10-5-6-14-13(9-10)11(7-8-20-14)17(23)22-16(19)12-3-1-2-4-15(12)21-22;1-3-2/h5-6,9,11,20H,1-4,7-8,19H2;1-2H3. The molecule has 0 bridgehead atoms. The lowest BCUT2D eigenvalue weighted by atomic mass is 9.90. The summed E-state index contributed by atoms with van der Waals surface area (Å²) in [4.78, 5) is 13.0. The number of hydrogen-bond acceptors (Lipinski definition) is 5. The second-order valence-corrected chi connectivity index (χ2v) is 6.68. The van der Waals surface area contributed by atoms with Crippen molar-refractivity contribution in [3.8, 4) is 0 Å². The van der Waals surface area contributed by atoms with Crippen LogP contribution in [-0.2, 0) is 17.6 Å². The highest BCUT2D eigenvalue weighted by Crippen LogP contribution is 2.35. The number of nitrogens with two attached hydrogens (primary N) is 1. The summed E-state index contributed by atoms with van der Waals surface area (Å²) in [5, 5.41) is 7.66. The predicted molar refractivity (Wildman–Crippen MR) is 99.1 cm³/mol. The van der Waals surface area contributed by atoms with Gasteiger partial charge in [-0.2, -0.15) is 9.78 Å². The molecule has 1 unspecified atom stereocenters. The fraction of sp³-hybridized carbons (Fsp3) is 0.474. The Labute approximate surface area is 152 Å². The van der Waals surface area contributed by atoms with Gasteiger partial charge in [-0.25, -0.2) is 4.39 Å². The van der Waals surface area contributed by atoms with Crippen LogP contribution in [0.2, 0.25) is 0 Å². The maximum Gasteiger partial charge on any atom is 0.256 e. The molecule has 4 rings (SSSR count). The predicted octanol–water partition coefficient (Wildman–Crippen LogP) is 2.99. The Balaban J connectivity index is 0.000000613. The highest BCUT2D eigenvalue weighted by Gasteiger charge is 2.31. The van der Waals surface area contributed by atoms with Crippen molar-refractivity contribution in [1.82, 2.24) is 9.78 Å². The summed E-state index contributed by atoms with van der Waals surface area (Å²) in [7, 11) is 3.25. The van der Waals surface area contributed by atoms with Crippen molar-refractivity contribution in [3.05, 3.63) is 40.8 Å². The van der Waals surface area contributed by atoms with E-state index in [0.717, 1.165) is 42.6 Å². The van der Waals surface area contributed by atoms with Gasteiger partial charge in [0.15, 0.2) is 0 Å². The number of rotatable bonds is 1. The molecule has 7 heteroatoms. The van der Waals surface area contributed by atoms with Crippen LogP contribution in [0.1, 0.15) is 46.8 Å². The van der Waals surface area contributed by atoms with E-state index in [-0.39, 0.29) is 11.7 Å². The molecule has 1 aliphatic heterocycles. The molecule has 1 aromatic carbocycles. The summed E-state index contributed by atoms with van der Waals surface area (Å²) < 4.78 is 19.2. The number of aryl methyl sites for hydroxylation is 1. The molecule has 140 valence electrons. The molecule has 1 aliphatic carbocycles. The molecule has 0 saturated carbocycles. The second kappa shape index (κ2) is 7.86. The van der Waals surface area contributed by atoms with Crippen molar-refractivity contribution in [3.63, 3.8) is 0 Å². The van der Waals surface area contributed by atoms with E-state index < -0.39 is 5.92 Å². The second-order valence-electron chi connectivity index (χ2n) is 6.68. The number of carbonyl (C=O) groups is 1. The van der Waals surface area contributed by atoms with Crippen LogP contribution in [-0.4, -0.2) is 36.5 Å². The van der Waals surface area contributed by atoms with Crippen molar-refractivity contribution >= 4 is 17.4 Å². The highest BCUT2D eigenvalue weighted by atomic mass is 19.1. The van der Waals surface area contributed by atoms with Gasteiger partial charge in [0.2, 0.25) is 0 Å². The number of aromatic nitrogens is 2. The van der Waals surface area contributed by atoms with E-state index in [1.54, 1.807) is 20.3 Å². The van der Waals surface area contributed by atoms with E-state index in [2.05, 4.69) is 15.2 Å². The molecular formula is C19H25FN4O2. The number of nitrogen functional groups attached to an aromatic ring is 1. The molecule has 1 atom stereocenters. The lowest BCUT2D eigenvalue weighted by molar-refractivity contribution is 0.0859. The van der Waals surface area contributed by atoms with E-state index in [1.165, 1.54) is 16.8 Å². The molecule has 0 fully saturated rings. The van der Waals surface area contributed by atoms with E-state index in [4.69, 9.17) is 5.73 Å². The van der Waals surface area contributed by atoms with Gasteiger partial charge < -0.3 is 15.8 Å². The first-order valence-electron chi connectivity index (χ1n) is 8.90. The Hall–Kier alpha value is -2.41. The number of nitrogens with one attached hydrogen (secondary N) is 1. The van der Waals surface area contributed by atoms with Gasteiger partial charge >= 0.3 is 0 Å². The molecule has 0 spiro atoms. The van der Waals surface area contributed by atoms with Gasteiger partial charge in [-0.15, -0.1) is 0 Å². The number of fused-ring (bicyclic) bond motifs is 2. The fourth-order valence-electron chi connectivity index (χ4n) is 3.64. The van der Waals surface area contributed by atoms with Gasteiger partial charge in [-0.05, 0) is 55.9 Å². The fourth-order valence-corrected chi connectivity index (χ4v) is 3.64. The van der Waals surface area contributed by atoms with Crippen LogP contribution in [0.15, 0.2) is 18.2 Å². The van der Waals surface area contributed by atoms with Gasteiger partial charge in [-0.3, -0.25) is 4.79 Å². The average molecular weight is 360 g/mol. The molecular weight excluding hydrogens is 335 g/mol. The number of anilines is 2. The molecule has 3 N–H and O–H groups in total. The molecule has 0 saturated heterocycles. The minimum Gasteiger partial charge on any atom is -0.388 e. The number of hydrogen-bond donors (Lipinski definition) is 2. The molecule has 2 heterocycles. The Bertz CT molecular complexity index is 803. The monoisotopic (exact) mass is 360 g/mol. The van der Waals surface area contributed by atoms with E-state index in [9.17, 15) is 9.18 Å². The molecule has 0 amide bonds. The number of halogens is 1. The maximum atomic E-state index is 13.6. The summed E-state index contributed by atoms with van der Waals surface area (Å²) in [6, 6.07) is 4.52. The van der Waals surface area contributed by atoms with E-state index in [0.29, 0.717) is 24.3 Å². The van der Waals surface area contributed by atoms with Crippen LogP contribution in [0.3, 0.4) is 0 Å². The van der Waals surface area contributed by atoms with Gasteiger partial charge in [0.05, 0.1) is 11.6 Å². The average Bonchev–Trinajstić information content (AvgIpc) is 2.98. The minimum atomic E-state index is -0.411. The van der Waals surface area contributed by atoms with Crippen molar-refractivity contribution in [2.45, 2.75) is 38.0 Å². The highest BCUT2D eigenvalue weighted by molar-refractivity contribution is 5.90. The zero-order chi connectivity index (χ0) is 18.7. The van der Waals surface area contributed by atoms with Crippen molar-refractivity contribution in [2.75, 3.05) is 31.8 Å². The topological polar surface area (TPSA) is 82.2 Å². The zero-order valence-electron chi connectivity index (χ0n) is 15.2. The normalized spacial score (nSPS) is 18.0. The summed E-state index contributed by atoms with van der Waals surface area (Å²) >= 11 is 0. The van der Waals surface area contributed by atoms with Crippen LogP contribution in [0.25, 0.3) is 0 Å². The summed E-state index contributed by atoms with van der Waals surface area (Å²) in [5.41, 5.74) is 9.62. The van der Waals surface area contributed by atoms with Crippen LogP contribution in [0.5, 0.6) is 0 Å². The molecule has 26 heavy (non-hydrogen) atoms. The van der Waals surface area contributed by atoms with E-state index in [1.807, 2.05) is 0 Å². The molecule has 6 nitrogen and oxygen atoms in total. The number of methoxy groups -OCH3 is 1. The van der Waals surface area contributed by atoms with Gasteiger partial charge in [-0.1, -0.05) is 0 Å². The minimum absolute atomic E-state index is 0.162. The molecule has 2 aromatic rings. The van der Waals surface area contributed by atoms with Crippen LogP contribution in [0.4, 0.5) is 15.9 Å². The van der Waals surface area contributed by atoms with E-state index >= 15 is 0 Å². The first-order chi connectivity index (χ1) is 12.6. The molecule has 1 aromatic heterocycles. The number of benzene rings is 1. The first-order valence-corrected chi connectivity index (χ1v) is 8.90. The smallest absolute Gasteiger partial charge is 0.256 e. The van der Waals surface area contributed by atoms with Crippen LogP contribution in [0, 0.1) is 5.82 Å². The lowest BCUT2D eigenvalue weighted by Gasteiger charge is -2.25. The van der Waals surface area contributed by atoms with Crippen molar-refractivity contribution in [1.29, 1.82) is 0 Å². The summed E-state index contributed by atoms with van der Waals surface area (Å²) in [5.74, 6) is -0.449. The summed E-state index contributed by atoms with van der Waals surface area (Å²) in [6.07, 6.45) is 4.53. The third kappa shape index (κ3) is 3.44. The van der Waals surface area contributed by atoms with Crippen molar-refractivity contribution in [2.24, 2.45) is 0 Å². The van der Waals surface area contributed by atoms with Crippen molar-refractivity contribution < 1.29 is 13.9 Å². The zero-order valence-corrected chi connectivity index (χ0v) is 15.2. The Kier molecular flexibility index (Phi) is 5.56. The number of ether oxygens (including phenoxy) is 1. The molecule has 2 aliphatic rings. The van der Waals surface area contributed by atoms with Crippen LogP contribution < -0.4 is 11.1 Å². The Morgan fingerprint density at radius 3 is 2.81 bits per heavy atom. The third-order valence-corrected chi connectivity index (χ3v) is 4.84. The Morgan fingerprint density at radius 1 is 1.35 bits per heavy atom. The van der Waals surface area contributed by atoms with Crippen LogP contribution >= 0.6 is 0 Å². The van der Waals surface area contributed by atoms with Gasteiger partial charge in [0.1, 0.15) is 11.6 Å². The molecule has 0 radical (unpaired) electrons. The quantitative estimate of drug-likeness (QED) is 0.817. The SMILES string of the molecule is COC.Nc1c2c(nn1C(=O)C1CCNc3ccc(F)cc31)CCCC2. The lowest BCUT2D eigenvalue weighted by Crippen LogP contribution is -2.28. The first kappa shape index (κ1) is 18.4. The number of nitrogens with zero attached hydrogens (tertiary/aromatic N) is 2. The Morgan fingerprint density at radius 2 is 2.08 bits per heavy atom. The van der Waals surface area contributed by atoms with Gasteiger partial charge in [0, 0.05) is 32.0 Å². The number of carbonyl (C=O) groups excluding carboxylic acids is 1.